The number of rotatable bonds is 2. The van der Waals surface area contributed by atoms with Crippen molar-refractivity contribution in [3.8, 4) is 5.75 Å². The molecule has 0 unspecified atom stereocenters. The minimum Gasteiger partial charge on any atom is -0.505 e. The van der Waals surface area contributed by atoms with E-state index in [1.54, 1.807) is 0 Å². The summed E-state index contributed by atoms with van der Waals surface area (Å²) in [6.45, 7) is 0. The minimum absolute atomic E-state index is 0.0702. The number of carboxylic acids is 1. The Hall–Kier alpha value is -1.65. The van der Waals surface area contributed by atoms with Gasteiger partial charge in [-0.1, -0.05) is 0 Å². The predicted octanol–water partition coefficient (Wildman–Crippen LogP) is -0.191. The Morgan fingerprint density at radius 3 is 2.45 bits per heavy atom. The highest BCUT2D eigenvalue weighted by atomic mass is 16.4. The summed E-state index contributed by atoms with van der Waals surface area (Å²) >= 11 is 0. The molecule has 0 fully saturated rings. The lowest BCUT2D eigenvalue weighted by Crippen LogP contribution is -2.03. The molecule has 58 valence electrons. The fourth-order valence-corrected chi connectivity index (χ4v) is 0.575. The molecule has 1 aromatic heterocycles. The largest absolute Gasteiger partial charge is 0.505 e. The molecular formula is C6H6N2O3. The fraction of sp³-hybridized carbons (Fsp3) is 0.167. The van der Waals surface area contributed by atoms with Crippen LogP contribution in [0.25, 0.3) is 0 Å². The Balaban J connectivity index is 2.74. The van der Waals surface area contributed by atoms with Crippen LogP contribution in [0.1, 0.15) is 5.82 Å². The van der Waals surface area contributed by atoms with Gasteiger partial charge in [-0.25, -0.2) is 9.97 Å². The van der Waals surface area contributed by atoms with Crippen molar-refractivity contribution >= 4 is 5.97 Å². The molecule has 0 amide bonds. The zero-order valence-corrected chi connectivity index (χ0v) is 5.56. The van der Waals surface area contributed by atoms with Crippen LogP contribution in [0.15, 0.2) is 12.4 Å². The quantitative estimate of drug-likeness (QED) is 0.616. The molecule has 0 radical (unpaired) electrons. The van der Waals surface area contributed by atoms with Gasteiger partial charge in [0.1, 0.15) is 12.2 Å². The van der Waals surface area contributed by atoms with E-state index in [0.717, 1.165) is 12.4 Å². The van der Waals surface area contributed by atoms with E-state index in [9.17, 15) is 4.79 Å². The van der Waals surface area contributed by atoms with Crippen LogP contribution >= 0.6 is 0 Å². The van der Waals surface area contributed by atoms with Crippen LogP contribution in [0, 0.1) is 0 Å². The van der Waals surface area contributed by atoms with Gasteiger partial charge in [-0.3, -0.25) is 4.79 Å². The van der Waals surface area contributed by atoms with Gasteiger partial charge in [0.25, 0.3) is 0 Å². The van der Waals surface area contributed by atoms with Crippen LogP contribution in [-0.4, -0.2) is 26.2 Å². The Bertz CT molecular complexity index is 257. The van der Waals surface area contributed by atoms with E-state index < -0.39 is 5.97 Å². The summed E-state index contributed by atoms with van der Waals surface area (Å²) in [5, 5.41) is 17.0. The first-order chi connectivity index (χ1) is 5.18. The first-order valence-electron chi connectivity index (χ1n) is 2.90. The van der Waals surface area contributed by atoms with Crippen LogP contribution in [0.2, 0.25) is 0 Å². The SMILES string of the molecule is O=C(O)Cc1ncc(O)cn1. The van der Waals surface area contributed by atoms with Gasteiger partial charge in [0.05, 0.1) is 12.4 Å². The standard InChI is InChI=1S/C6H6N2O3/c9-4-2-7-5(8-3-4)1-6(10)11/h2-3,9H,1H2,(H,10,11). The number of nitrogens with zero attached hydrogens (tertiary/aromatic N) is 2. The van der Waals surface area contributed by atoms with Gasteiger partial charge in [-0.15, -0.1) is 0 Å². The van der Waals surface area contributed by atoms with Crippen molar-refractivity contribution in [1.29, 1.82) is 0 Å². The number of hydrogen-bond acceptors (Lipinski definition) is 4. The van der Waals surface area contributed by atoms with Gasteiger partial charge in [-0.2, -0.15) is 0 Å². The average molecular weight is 154 g/mol. The van der Waals surface area contributed by atoms with Crippen molar-refractivity contribution < 1.29 is 15.0 Å². The molecule has 5 heteroatoms. The molecule has 0 atom stereocenters. The van der Waals surface area contributed by atoms with Crippen molar-refractivity contribution in [2.75, 3.05) is 0 Å². The molecule has 1 heterocycles. The number of carboxylic acid groups (broad SMARTS) is 1. The second-order valence-corrected chi connectivity index (χ2v) is 1.93. The topological polar surface area (TPSA) is 83.3 Å². The van der Waals surface area contributed by atoms with Gasteiger partial charge < -0.3 is 10.2 Å². The van der Waals surface area contributed by atoms with Crippen LogP contribution in [0.4, 0.5) is 0 Å². The molecule has 0 aromatic carbocycles. The maximum absolute atomic E-state index is 10.1. The third kappa shape index (κ3) is 2.21. The van der Waals surface area contributed by atoms with E-state index in [4.69, 9.17) is 10.2 Å². The fourth-order valence-electron chi connectivity index (χ4n) is 0.575. The molecule has 0 aliphatic carbocycles. The van der Waals surface area contributed by atoms with Gasteiger partial charge >= 0.3 is 5.97 Å². The minimum atomic E-state index is -0.990. The summed E-state index contributed by atoms with van der Waals surface area (Å²) in [6, 6.07) is 0. The maximum atomic E-state index is 10.1. The monoisotopic (exact) mass is 154 g/mol. The number of aromatic hydroxyl groups is 1. The smallest absolute Gasteiger partial charge is 0.311 e. The highest BCUT2D eigenvalue weighted by Gasteiger charge is 2.01. The van der Waals surface area contributed by atoms with Gasteiger partial charge in [-0.05, 0) is 0 Å². The summed E-state index contributed by atoms with van der Waals surface area (Å²) in [7, 11) is 0. The molecular weight excluding hydrogens is 148 g/mol. The van der Waals surface area contributed by atoms with Crippen LogP contribution in [-0.2, 0) is 11.2 Å². The van der Waals surface area contributed by atoms with Gasteiger partial charge in [0, 0.05) is 0 Å². The molecule has 0 aliphatic heterocycles. The molecule has 0 aliphatic rings. The van der Waals surface area contributed by atoms with Gasteiger partial charge in [0.2, 0.25) is 0 Å². The number of aliphatic carboxylic acids is 1. The summed E-state index contributed by atoms with van der Waals surface area (Å²) < 4.78 is 0. The summed E-state index contributed by atoms with van der Waals surface area (Å²) in [4.78, 5) is 17.3. The highest BCUT2D eigenvalue weighted by molar-refractivity contribution is 5.68. The normalized spacial score (nSPS) is 9.45. The van der Waals surface area contributed by atoms with Crippen molar-refractivity contribution in [3.63, 3.8) is 0 Å². The third-order valence-electron chi connectivity index (χ3n) is 1.00. The number of carbonyl (C=O) groups is 1. The van der Waals surface area contributed by atoms with Crippen LogP contribution < -0.4 is 0 Å². The zero-order chi connectivity index (χ0) is 8.27. The van der Waals surface area contributed by atoms with E-state index in [2.05, 4.69) is 9.97 Å². The number of hydrogen-bond donors (Lipinski definition) is 2. The second-order valence-electron chi connectivity index (χ2n) is 1.93. The van der Waals surface area contributed by atoms with Crippen LogP contribution in [0.3, 0.4) is 0 Å². The predicted molar refractivity (Wildman–Crippen MR) is 35.0 cm³/mol. The Morgan fingerprint density at radius 1 is 1.45 bits per heavy atom. The van der Waals surface area contributed by atoms with E-state index in [0.29, 0.717) is 0 Å². The molecule has 1 rings (SSSR count). The first kappa shape index (κ1) is 7.46. The van der Waals surface area contributed by atoms with Crippen molar-refractivity contribution in [1.82, 2.24) is 9.97 Å². The maximum Gasteiger partial charge on any atom is 0.311 e. The van der Waals surface area contributed by atoms with Crippen molar-refractivity contribution in [2.24, 2.45) is 0 Å². The van der Waals surface area contributed by atoms with E-state index in [1.165, 1.54) is 0 Å². The third-order valence-corrected chi connectivity index (χ3v) is 1.00. The summed E-state index contributed by atoms with van der Waals surface area (Å²) in [5.74, 6) is -0.870. The van der Waals surface area contributed by atoms with Crippen LogP contribution in [0.5, 0.6) is 5.75 Å². The summed E-state index contributed by atoms with van der Waals surface area (Å²) in [6.07, 6.45) is 2.09. The Labute approximate surface area is 62.4 Å². The lowest BCUT2D eigenvalue weighted by atomic mass is 10.4. The lowest BCUT2D eigenvalue weighted by Gasteiger charge is -1.93. The molecule has 5 nitrogen and oxygen atoms in total. The molecule has 0 saturated carbocycles. The average Bonchev–Trinajstić information content (AvgIpc) is 1.93. The second kappa shape index (κ2) is 2.96. The molecule has 2 N–H and O–H groups in total. The van der Waals surface area contributed by atoms with E-state index in [-0.39, 0.29) is 18.0 Å². The van der Waals surface area contributed by atoms with E-state index >= 15 is 0 Å². The highest BCUT2D eigenvalue weighted by Crippen LogP contribution is 2.01. The molecule has 1 aromatic rings. The van der Waals surface area contributed by atoms with Crippen molar-refractivity contribution in [3.05, 3.63) is 18.2 Å². The molecule has 11 heavy (non-hydrogen) atoms. The summed E-state index contributed by atoms with van der Waals surface area (Å²) in [5.41, 5.74) is 0. The van der Waals surface area contributed by atoms with Gasteiger partial charge in [0.15, 0.2) is 5.75 Å². The zero-order valence-electron chi connectivity index (χ0n) is 5.56. The molecule has 0 saturated heterocycles. The molecule has 0 bridgehead atoms. The Kier molecular flexibility index (Phi) is 2.00. The first-order valence-corrected chi connectivity index (χ1v) is 2.90. The van der Waals surface area contributed by atoms with E-state index in [1.807, 2.05) is 0 Å². The number of aromatic nitrogens is 2. The molecule has 0 spiro atoms. The lowest BCUT2D eigenvalue weighted by molar-refractivity contribution is -0.136. The Morgan fingerprint density at radius 2 is 2.00 bits per heavy atom. The van der Waals surface area contributed by atoms with Crippen molar-refractivity contribution in [2.45, 2.75) is 6.42 Å².